The summed E-state index contributed by atoms with van der Waals surface area (Å²) >= 11 is 0. The summed E-state index contributed by atoms with van der Waals surface area (Å²) in [6.07, 6.45) is 1.73. The number of amides is 1. The molecule has 0 saturated heterocycles. The molecule has 0 spiro atoms. The molecule has 0 fully saturated rings. The highest BCUT2D eigenvalue weighted by Crippen LogP contribution is 2.01. The molecule has 1 aromatic carbocycles. The Kier molecular flexibility index (Phi) is 3.62. The van der Waals surface area contributed by atoms with Crippen LogP contribution in [0.15, 0.2) is 42.1 Å². The minimum absolute atomic E-state index is 0.0871. The molecular weight excluding hydrogens is 190 g/mol. The van der Waals surface area contributed by atoms with Gasteiger partial charge in [-0.3, -0.25) is 4.79 Å². The molecule has 0 aliphatic heterocycles. The summed E-state index contributed by atoms with van der Waals surface area (Å²) in [7, 11) is 0. The lowest BCUT2D eigenvalue weighted by atomic mass is 10.1. The van der Waals surface area contributed by atoms with Crippen LogP contribution in [0.5, 0.6) is 0 Å². The third kappa shape index (κ3) is 3.64. The van der Waals surface area contributed by atoms with Gasteiger partial charge in [-0.05, 0) is 11.6 Å². The molecule has 0 radical (unpaired) electrons. The molecule has 5 N–H and O–H groups in total. The molecule has 0 aliphatic rings. The maximum atomic E-state index is 10.6. The number of rotatable bonds is 4. The van der Waals surface area contributed by atoms with Gasteiger partial charge in [0.25, 0.3) is 5.91 Å². The van der Waals surface area contributed by atoms with Crippen molar-refractivity contribution in [3.8, 4) is 0 Å². The van der Waals surface area contributed by atoms with E-state index in [2.05, 4.69) is 0 Å². The highest BCUT2D eigenvalue weighted by molar-refractivity contribution is 6.02. The van der Waals surface area contributed by atoms with Gasteiger partial charge in [-0.25, -0.2) is 0 Å². The van der Waals surface area contributed by atoms with Gasteiger partial charge in [-0.15, -0.1) is 0 Å². The Morgan fingerprint density at radius 1 is 1.27 bits per heavy atom. The third-order valence-corrected chi connectivity index (χ3v) is 1.85. The Labute approximate surface area is 88.1 Å². The van der Waals surface area contributed by atoms with Crippen LogP contribution < -0.4 is 11.5 Å². The van der Waals surface area contributed by atoms with Crippen LogP contribution >= 0.6 is 0 Å². The second-order valence-corrected chi connectivity index (χ2v) is 3.15. The first kappa shape index (κ1) is 11.0. The van der Waals surface area contributed by atoms with E-state index in [4.69, 9.17) is 16.9 Å². The lowest BCUT2D eigenvalue weighted by Crippen LogP contribution is -2.21. The van der Waals surface area contributed by atoms with E-state index < -0.39 is 5.91 Å². The van der Waals surface area contributed by atoms with E-state index >= 15 is 0 Å². The molecular formula is C11H13N3O. The Morgan fingerprint density at radius 3 is 2.40 bits per heavy atom. The molecule has 0 bridgehead atoms. The predicted molar refractivity (Wildman–Crippen MR) is 59.3 cm³/mol. The average molecular weight is 203 g/mol. The van der Waals surface area contributed by atoms with Gasteiger partial charge in [0.15, 0.2) is 0 Å². The van der Waals surface area contributed by atoms with Crippen molar-refractivity contribution < 1.29 is 4.79 Å². The molecule has 78 valence electrons. The van der Waals surface area contributed by atoms with Gasteiger partial charge in [0, 0.05) is 12.1 Å². The van der Waals surface area contributed by atoms with Crippen molar-refractivity contribution in [2.45, 2.75) is 6.42 Å². The van der Waals surface area contributed by atoms with Crippen molar-refractivity contribution in [3.05, 3.63) is 47.7 Å². The van der Waals surface area contributed by atoms with Crippen molar-refractivity contribution in [1.82, 2.24) is 0 Å². The minimum atomic E-state index is -0.701. The van der Waals surface area contributed by atoms with Crippen LogP contribution in [0.3, 0.4) is 0 Å². The van der Waals surface area contributed by atoms with E-state index in [9.17, 15) is 4.79 Å². The highest BCUT2D eigenvalue weighted by Gasteiger charge is 2.01. The van der Waals surface area contributed by atoms with Crippen molar-refractivity contribution >= 4 is 11.6 Å². The van der Waals surface area contributed by atoms with Crippen LogP contribution in [0.25, 0.3) is 0 Å². The molecule has 0 unspecified atom stereocenters. The number of nitrogens with two attached hydrogens (primary N) is 2. The second kappa shape index (κ2) is 4.95. The summed E-state index contributed by atoms with van der Waals surface area (Å²) in [5.41, 5.74) is 11.4. The highest BCUT2D eigenvalue weighted by atomic mass is 16.1. The van der Waals surface area contributed by atoms with Gasteiger partial charge in [0.1, 0.15) is 0 Å². The summed E-state index contributed by atoms with van der Waals surface area (Å²) < 4.78 is 0. The van der Waals surface area contributed by atoms with Gasteiger partial charge in [0.05, 0.1) is 5.70 Å². The van der Waals surface area contributed by atoms with E-state index in [1.54, 1.807) is 0 Å². The van der Waals surface area contributed by atoms with E-state index in [-0.39, 0.29) is 11.4 Å². The standard InChI is InChI=1S/C11H13N3O/c12-9(7-10(13)11(14)15)6-8-4-2-1-3-5-8/h1-5,7,12H,6,13H2,(H2,14,15). The van der Waals surface area contributed by atoms with Gasteiger partial charge >= 0.3 is 0 Å². The molecule has 4 nitrogen and oxygen atoms in total. The molecule has 0 aliphatic carbocycles. The van der Waals surface area contributed by atoms with Gasteiger partial charge in [-0.2, -0.15) is 0 Å². The fourth-order valence-corrected chi connectivity index (χ4v) is 1.13. The van der Waals surface area contributed by atoms with E-state index in [1.165, 1.54) is 6.08 Å². The van der Waals surface area contributed by atoms with Crippen molar-refractivity contribution in [1.29, 1.82) is 5.41 Å². The lowest BCUT2D eigenvalue weighted by Gasteiger charge is -2.00. The maximum Gasteiger partial charge on any atom is 0.264 e. The molecule has 15 heavy (non-hydrogen) atoms. The summed E-state index contributed by atoms with van der Waals surface area (Å²) in [6.45, 7) is 0. The normalized spacial score (nSPS) is 11.1. The average Bonchev–Trinajstić information content (AvgIpc) is 2.18. The number of carbonyl (C=O) groups is 1. The lowest BCUT2D eigenvalue weighted by molar-refractivity contribution is -0.114. The number of hydrogen-bond donors (Lipinski definition) is 3. The summed E-state index contributed by atoms with van der Waals surface area (Å²) in [5.74, 6) is -0.701. The van der Waals surface area contributed by atoms with E-state index in [1.807, 2.05) is 30.3 Å². The maximum absolute atomic E-state index is 10.6. The summed E-state index contributed by atoms with van der Waals surface area (Å²) in [6, 6.07) is 9.50. The molecule has 0 atom stereocenters. The fourth-order valence-electron chi connectivity index (χ4n) is 1.13. The number of allylic oxidation sites excluding steroid dienone is 1. The van der Waals surface area contributed by atoms with Crippen LogP contribution in [-0.4, -0.2) is 11.6 Å². The molecule has 0 aromatic heterocycles. The Morgan fingerprint density at radius 2 is 1.87 bits per heavy atom. The van der Waals surface area contributed by atoms with E-state index in [0.717, 1.165) is 5.56 Å². The summed E-state index contributed by atoms with van der Waals surface area (Å²) in [5, 5.41) is 7.59. The monoisotopic (exact) mass is 203 g/mol. The first-order valence-corrected chi connectivity index (χ1v) is 4.48. The molecule has 1 amide bonds. The third-order valence-electron chi connectivity index (χ3n) is 1.85. The smallest absolute Gasteiger partial charge is 0.264 e. The van der Waals surface area contributed by atoms with Crippen LogP contribution in [-0.2, 0) is 11.2 Å². The van der Waals surface area contributed by atoms with Crippen LogP contribution in [0, 0.1) is 5.41 Å². The quantitative estimate of drug-likeness (QED) is 0.493. The molecule has 1 rings (SSSR count). The minimum Gasteiger partial charge on any atom is -0.394 e. The van der Waals surface area contributed by atoms with Crippen molar-refractivity contribution in [2.75, 3.05) is 0 Å². The SMILES string of the molecule is N=C(C=C(N)C(N)=O)Cc1ccccc1. The zero-order valence-electron chi connectivity index (χ0n) is 8.23. The van der Waals surface area contributed by atoms with E-state index in [0.29, 0.717) is 6.42 Å². The van der Waals surface area contributed by atoms with Crippen molar-refractivity contribution in [3.63, 3.8) is 0 Å². The second-order valence-electron chi connectivity index (χ2n) is 3.15. The molecule has 0 saturated carbocycles. The van der Waals surface area contributed by atoms with Crippen LogP contribution in [0.4, 0.5) is 0 Å². The number of hydrogen-bond acceptors (Lipinski definition) is 3. The fraction of sp³-hybridized carbons (Fsp3) is 0.0909. The van der Waals surface area contributed by atoms with Crippen molar-refractivity contribution in [2.24, 2.45) is 11.5 Å². The number of benzene rings is 1. The largest absolute Gasteiger partial charge is 0.394 e. The number of primary amides is 1. The molecule has 0 heterocycles. The van der Waals surface area contributed by atoms with Gasteiger partial charge < -0.3 is 16.9 Å². The van der Waals surface area contributed by atoms with Crippen LogP contribution in [0.1, 0.15) is 5.56 Å². The zero-order chi connectivity index (χ0) is 11.3. The number of carbonyl (C=O) groups excluding carboxylic acids is 1. The van der Waals surface area contributed by atoms with Gasteiger partial charge in [-0.1, -0.05) is 30.3 Å². The molecule has 4 heteroatoms. The first-order chi connectivity index (χ1) is 7.09. The number of nitrogens with one attached hydrogen (secondary N) is 1. The topological polar surface area (TPSA) is 93.0 Å². The Bertz CT molecular complexity index is 396. The van der Waals surface area contributed by atoms with Crippen LogP contribution in [0.2, 0.25) is 0 Å². The zero-order valence-corrected chi connectivity index (χ0v) is 8.23. The summed E-state index contributed by atoms with van der Waals surface area (Å²) in [4.78, 5) is 10.6. The predicted octanol–water partition coefficient (Wildman–Crippen LogP) is 0.577. The molecule has 1 aromatic rings. The first-order valence-electron chi connectivity index (χ1n) is 4.48. The Balaban J connectivity index is 2.65. The Hall–Kier alpha value is -2.10. The van der Waals surface area contributed by atoms with Gasteiger partial charge in [0.2, 0.25) is 0 Å².